The number of amides is 1. The van der Waals surface area contributed by atoms with E-state index in [1.165, 1.54) is 0 Å². The number of benzene rings is 1. The van der Waals surface area contributed by atoms with E-state index < -0.39 is 6.10 Å². The molecule has 1 aromatic carbocycles. The zero-order valence-electron chi connectivity index (χ0n) is 9.97. The van der Waals surface area contributed by atoms with Crippen LogP contribution in [0.4, 0.5) is 0 Å². The van der Waals surface area contributed by atoms with Crippen molar-refractivity contribution >= 4 is 5.91 Å². The summed E-state index contributed by atoms with van der Waals surface area (Å²) in [5, 5.41) is 9.95. The quantitative estimate of drug-likeness (QED) is 0.813. The SMILES string of the molecule is CCN1C(=O)CC(O)C1c1ccc(CN)cc1. The van der Waals surface area contributed by atoms with Crippen LogP contribution in [0.25, 0.3) is 0 Å². The molecule has 1 fully saturated rings. The zero-order valence-corrected chi connectivity index (χ0v) is 9.97. The molecule has 0 radical (unpaired) electrons. The van der Waals surface area contributed by atoms with Crippen molar-refractivity contribution in [1.82, 2.24) is 4.90 Å². The number of nitrogens with zero attached hydrogens (tertiary/aromatic N) is 1. The van der Waals surface area contributed by atoms with Crippen LogP contribution in [0, 0.1) is 0 Å². The van der Waals surface area contributed by atoms with E-state index in [2.05, 4.69) is 0 Å². The lowest BCUT2D eigenvalue weighted by molar-refractivity contribution is -0.128. The first-order valence-corrected chi connectivity index (χ1v) is 5.93. The third kappa shape index (κ3) is 2.18. The highest BCUT2D eigenvalue weighted by Gasteiger charge is 2.38. The van der Waals surface area contributed by atoms with Crippen LogP contribution in [0.3, 0.4) is 0 Å². The lowest BCUT2D eigenvalue weighted by Gasteiger charge is -2.25. The van der Waals surface area contributed by atoms with Gasteiger partial charge in [-0.2, -0.15) is 0 Å². The van der Waals surface area contributed by atoms with Gasteiger partial charge in [-0.15, -0.1) is 0 Å². The van der Waals surface area contributed by atoms with Crippen molar-refractivity contribution in [3.05, 3.63) is 35.4 Å². The molecule has 1 aliphatic heterocycles. The standard InChI is InChI=1S/C13H18N2O2/c1-2-15-12(17)7-11(16)13(15)10-5-3-9(8-14)4-6-10/h3-6,11,13,16H,2,7-8,14H2,1H3. The number of carbonyl (C=O) groups excluding carboxylic acids is 1. The molecule has 1 aromatic rings. The molecule has 1 heterocycles. The van der Waals surface area contributed by atoms with Crippen molar-refractivity contribution in [1.29, 1.82) is 0 Å². The Kier molecular flexibility index (Phi) is 3.45. The predicted molar refractivity (Wildman–Crippen MR) is 65.1 cm³/mol. The van der Waals surface area contributed by atoms with Crippen LogP contribution in [0.5, 0.6) is 0 Å². The van der Waals surface area contributed by atoms with E-state index in [0.717, 1.165) is 11.1 Å². The number of nitrogens with two attached hydrogens (primary N) is 1. The molecule has 92 valence electrons. The second kappa shape index (κ2) is 4.85. The average molecular weight is 234 g/mol. The van der Waals surface area contributed by atoms with Gasteiger partial charge in [0, 0.05) is 13.1 Å². The predicted octanol–water partition coefficient (Wildman–Crippen LogP) is 0.800. The Morgan fingerprint density at radius 1 is 1.41 bits per heavy atom. The van der Waals surface area contributed by atoms with Crippen LogP contribution >= 0.6 is 0 Å². The van der Waals surface area contributed by atoms with E-state index in [4.69, 9.17) is 5.73 Å². The van der Waals surface area contributed by atoms with Gasteiger partial charge in [-0.05, 0) is 18.1 Å². The fourth-order valence-corrected chi connectivity index (χ4v) is 2.40. The molecule has 1 amide bonds. The highest BCUT2D eigenvalue weighted by Crippen LogP contribution is 2.32. The minimum atomic E-state index is -0.605. The Hall–Kier alpha value is -1.39. The molecule has 3 N–H and O–H groups in total. The smallest absolute Gasteiger partial charge is 0.225 e. The summed E-state index contributed by atoms with van der Waals surface area (Å²) in [7, 11) is 0. The van der Waals surface area contributed by atoms with Gasteiger partial charge in [-0.3, -0.25) is 4.79 Å². The van der Waals surface area contributed by atoms with Crippen LogP contribution in [-0.2, 0) is 11.3 Å². The van der Waals surface area contributed by atoms with Gasteiger partial charge >= 0.3 is 0 Å². The molecule has 0 aliphatic carbocycles. The van der Waals surface area contributed by atoms with Crippen molar-refractivity contribution in [2.75, 3.05) is 6.54 Å². The number of carbonyl (C=O) groups is 1. The van der Waals surface area contributed by atoms with E-state index in [1.54, 1.807) is 4.90 Å². The van der Waals surface area contributed by atoms with E-state index in [0.29, 0.717) is 13.1 Å². The van der Waals surface area contributed by atoms with E-state index in [1.807, 2.05) is 31.2 Å². The topological polar surface area (TPSA) is 66.6 Å². The second-order valence-electron chi connectivity index (χ2n) is 4.34. The van der Waals surface area contributed by atoms with Crippen LogP contribution in [0.2, 0.25) is 0 Å². The molecule has 4 heteroatoms. The van der Waals surface area contributed by atoms with Crippen LogP contribution in [0.15, 0.2) is 24.3 Å². The molecular weight excluding hydrogens is 216 g/mol. The maximum absolute atomic E-state index is 11.7. The Morgan fingerprint density at radius 3 is 2.59 bits per heavy atom. The summed E-state index contributed by atoms with van der Waals surface area (Å²) in [6, 6.07) is 7.56. The summed E-state index contributed by atoms with van der Waals surface area (Å²) in [4.78, 5) is 13.4. The van der Waals surface area contributed by atoms with Gasteiger partial charge in [-0.1, -0.05) is 24.3 Å². The van der Waals surface area contributed by atoms with Crippen molar-refractivity contribution < 1.29 is 9.90 Å². The van der Waals surface area contributed by atoms with Gasteiger partial charge in [0.2, 0.25) is 5.91 Å². The molecular formula is C13H18N2O2. The second-order valence-corrected chi connectivity index (χ2v) is 4.34. The number of hydrogen-bond donors (Lipinski definition) is 2. The summed E-state index contributed by atoms with van der Waals surface area (Å²) >= 11 is 0. The first kappa shape index (κ1) is 12.1. The highest BCUT2D eigenvalue weighted by molar-refractivity contribution is 5.80. The number of aliphatic hydroxyl groups excluding tert-OH is 1. The van der Waals surface area contributed by atoms with Crippen LogP contribution in [0.1, 0.15) is 30.5 Å². The average Bonchev–Trinajstić information content (AvgIpc) is 2.63. The molecule has 4 nitrogen and oxygen atoms in total. The van der Waals surface area contributed by atoms with E-state index in [-0.39, 0.29) is 18.4 Å². The van der Waals surface area contributed by atoms with Gasteiger partial charge in [-0.25, -0.2) is 0 Å². The molecule has 1 aliphatic rings. The minimum Gasteiger partial charge on any atom is -0.390 e. The van der Waals surface area contributed by atoms with Crippen LogP contribution in [-0.4, -0.2) is 28.6 Å². The molecule has 0 bridgehead atoms. The largest absolute Gasteiger partial charge is 0.390 e. The van der Waals surface area contributed by atoms with Crippen molar-refractivity contribution in [3.63, 3.8) is 0 Å². The first-order chi connectivity index (χ1) is 8.17. The Labute approximate surface area is 101 Å². The number of rotatable bonds is 3. The van der Waals surface area contributed by atoms with Crippen molar-refractivity contribution in [2.45, 2.75) is 32.0 Å². The molecule has 1 saturated heterocycles. The summed E-state index contributed by atoms with van der Waals surface area (Å²) < 4.78 is 0. The summed E-state index contributed by atoms with van der Waals surface area (Å²) in [6.45, 7) is 3.06. The third-order valence-corrected chi connectivity index (χ3v) is 3.30. The van der Waals surface area contributed by atoms with Crippen molar-refractivity contribution in [3.8, 4) is 0 Å². The lowest BCUT2D eigenvalue weighted by atomic mass is 10.0. The van der Waals surface area contributed by atoms with Gasteiger partial charge in [0.1, 0.15) is 0 Å². The van der Waals surface area contributed by atoms with Gasteiger partial charge in [0.05, 0.1) is 18.6 Å². The molecule has 17 heavy (non-hydrogen) atoms. The highest BCUT2D eigenvalue weighted by atomic mass is 16.3. The van der Waals surface area contributed by atoms with E-state index >= 15 is 0 Å². The van der Waals surface area contributed by atoms with Crippen molar-refractivity contribution in [2.24, 2.45) is 5.73 Å². The maximum atomic E-state index is 11.7. The van der Waals surface area contributed by atoms with Crippen LogP contribution < -0.4 is 5.73 Å². The number of aliphatic hydroxyl groups is 1. The molecule has 0 saturated carbocycles. The first-order valence-electron chi connectivity index (χ1n) is 5.93. The summed E-state index contributed by atoms with van der Waals surface area (Å²) in [5.41, 5.74) is 7.57. The maximum Gasteiger partial charge on any atom is 0.225 e. The third-order valence-electron chi connectivity index (χ3n) is 3.30. The molecule has 2 unspecified atom stereocenters. The minimum absolute atomic E-state index is 0.0212. The monoisotopic (exact) mass is 234 g/mol. The van der Waals surface area contributed by atoms with Gasteiger partial charge in [0.25, 0.3) is 0 Å². The lowest BCUT2D eigenvalue weighted by Crippen LogP contribution is -2.29. The fourth-order valence-electron chi connectivity index (χ4n) is 2.40. The Balaban J connectivity index is 2.27. The number of likely N-dealkylation sites (N-methyl/N-ethyl adjacent to an activating group) is 1. The molecule has 2 atom stereocenters. The normalized spacial score (nSPS) is 24.4. The Bertz CT molecular complexity index is 402. The number of hydrogen-bond acceptors (Lipinski definition) is 3. The van der Waals surface area contributed by atoms with E-state index in [9.17, 15) is 9.90 Å². The fraction of sp³-hybridized carbons (Fsp3) is 0.462. The molecule has 0 spiro atoms. The summed E-state index contributed by atoms with van der Waals surface area (Å²) in [5.74, 6) is 0.0212. The Morgan fingerprint density at radius 2 is 2.06 bits per heavy atom. The zero-order chi connectivity index (χ0) is 12.4. The number of likely N-dealkylation sites (tertiary alicyclic amines) is 1. The van der Waals surface area contributed by atoms with Gasteiger partial charge < -0.3 is 15.7 Å². The molecule has 2 rings (SSSR count). The molecule has 0 aromatic heterocycles. The van der Waals surface area contributed by atoms with Gasteiger partial charge in [0.15, 0.2) is 0 Å². The summed E-state index contributed by atoms with van der Waals surface area (Å²) in [6.07, 6.45) is -0.386.